The topological polar surface area (TPSA) is 99.4 Å². The van der Waals surface area contributed by atoms with Crippen LogP contribution in [-0.2, 0) is 22.6 Å². The van der Waals surface area contributed by atoms with Crippen molar-refractivity contribution in [2.75, 3.05) is 0 Å². The van der Waals surface area contributed by atoms with Gasteiger partial charge in [-0.1, -0.05) is 24.3 Å². The number of hydrogen-bond donors (Lipinski definition) is 2. The zero-order chi connectivity index (χ0) is 18.4. The highest BCUT2D eigenvalue weighted by Gasteiger charge is 2.18. The van der Waals surface area contributed by atoms with Crippen molar-refractivity contribution in [2.45, 2.75) is 39.5 Å². The van der Waals surface area contributed by atoms with Gasteiger partial charge in [-0.25, -0.2) is 10.6 Å². The normalized spacial score (nSPS) is 12.1. The summed E-state index contributed by atoms with van der Waals surface area (Å²) in [4.78, 5) is 11.8. The van der Waals surface area contributed by atoms with E-state index in [0.29, 0.717) is 13.1 Å². The van der Waals surface area contributed by atoms with Gasteiger partial charge in [-0.05, 0) is 38.0 Å². The van der Waals surface area contributed by atoms with Crippen LogP contribution in [0.5, 0.6) is 0 Å². The van der Waals surface area contributed by atoms with Crippen LogP contribution in [0.3, 0.4) is 0 Å². The number of carbonyl (C=O) groups is 1. The van der Waals surface area contributed by atoms with E-state index in [1.54, 1.807) is 27.0 Å². The van der Waals surface area contributed by atoms with Crippen LogP contribution < -0.4 is 11.6 Å². The summed E-state index contributed by atoms with van der Waals surface area (Å²) in [6.07, 6.45) is 5.05. The molecule has 0 amide bonds. The Morgan fingerprint density at radius 3 is 2.48 bits per heavy atom. The van der Waals surface area contributed by atoms with Gasteiger partial charge in [-0.2, -0.15) is 5.10 Å². The lowest BCUT2D eigenvalue weighted by atomic mass is 10.1. The zero-order valence-electron chi connectivity index (χ0n) is 14.8. The molecule has 0 aliphatic carbocycles. The fraction of sp³-hybridized carbons (Fsp3) is 0.333. The minimum Gasteiger partial charge on any atom is -0.455 e. The third-order valence-corrected chi connectivity index (χ3v) is 3.23. The van der Waals surface area contributed by atoms with Crippen LogP contribution in [0.2, 0.25) is 0 Å². The van der Waals surface area contributed by atoms with Gasteiger partial charge in [-0.15, -0.1) is 0 Å². The second-order valence-electron chi connectivity index (χ2n) is 6.78. The van der Waals surface area contributed by atoms with Gasteiger partial charge in [0.05, 0.1) is 13.1 Å². The molecule has 0 aliphatic rings. The number of hydrazine groups is 1. The van der Waals surface area contributed by atoms with Crippen molar-refractivity contribution in [3.63, 3.8) is 0 Å². The number of nitrogens with two attached hydrogens (primary N) is 2. The summed E-state index contributed by atoms with van der Waals surface area (Å²) in [7, 11) is 0. The van der Waals surface area contributed by atoms with Gasteiger partial charge in [0.15, 0.2) is 0 Å². The van der Waals surface area contributed by atoms with Crippen LogP contribution >= 0.6 is 0 Å². The lowest BCUT2D eigenvalue weighted by molar-refractivity contribution is -0.150. The van der Waals surface area contributed by atoms with Crippen molar-refractivity contribution in [2.24, 2.45) is 11.6 Å². The summed E-state index contributed by atoms with van der Waals surface area (Å²) in [5.74, 6) is 5.33. The summed E-state index contributed by atoms with van der Waals surface area (Å²) in [5, 5.41) is 5.54. The highest BCUT2D eigenvalue weighted by Crippen LogP contribution is 2.10. The van der Waals surface area contributed by atoms with E-state index in [2.05, 4.69) is 5.10 Å². The minimum atomic E-state index is -0.598. The molecule has 134 valence electrons. The number of aromatic nitrogens is 2. The predicted octanol–water partition coefficient (Wildman–Crippen LogP) is 1.75. The molecule has 0 atom stereocenters. The van der Waals surface area contributed by atoms with Gasteiger partial charge < -0.3 is 15.5 Å². The summed E-state index contributed by atoms with van der Waals surface area (Å²) in [5.41, 5.74) is 7.24. The monoisotopic (exact) mass is 343 g/mol. The number of nitrogens with zero attached hydrogens (tertiary/aromatic N) is 3. The van der Waals surface area contributed by atoms with Crippen molar-refractivity contribution < 1.29 is 9.53 Å². The molecule has 25 heavy (non-hydrogen) atoms. The molecule has 1 aromatic carbocycles. The first-order chi connectivity index (χ1) is 11.7. The van der Waals surface area contributed by atoms with Gasteiger partial charge in [-0.3, -0.25) is 4.68 Å². The van der Waals surface area contributed by atoms with Crippen molar-refractivity contribution in [3.05, 3.63) is 65.7 Å². The smallest absolute Gasteiger partial charge is 0.356 e. The minimum absolute atomic E-state index is 0.0345. The van der Waals surface area contributed by atoms with E-state index in [0.717, 1.165) is 11.1 Å². The van der Waals surface area contributed by atoms with Crippen LogP contribution in [0.15, 0.2) is 54.6 Å². The molecule has 0 radical (unpaired) electrons. The van der Waals surface area contributed by atoms with Gasteiger partial charge >= 0.3 is 5.97 Å². The van der Waals surface area contributed by atoms with E-state index in [1.165, 1.54) is 11.2 Å². The maximum Gasteiger partial charge on any atom is 0.356 e. The Morgan fingerprint density at radius 2 is 1.92 bits per heavy atom. The molecule has 0 fully saturated rings. The molecule has 0 unspecified atom stereocenters. The molecule has 1 heterocycles. The molecule has 7 nitrogen and oxygen atoms in total. The first kappa shape index (κ1) is 18.5. The fourth-order valence-corrected chi connectivity index (χ4v) is 2.16. The largest absolute Gasteiger partial charge is 0.455 e. The van der Waals surface area contributed by atoms with Crippen LogP contribution in [0, 0.1) is 0 Å². The SMILES string of the molecule is CC(C)(C)OC(=O)/C(N)=C/N(N)Cc1ccc(Cn2cccn2)cc1. The van der Waals surface area contributed by atoms with Gasteiger partial charge in [0.1, 0.15) is 11.3 Å². The van der Waals surface area contributed by atoms with E-state index in [-0.39, 0.29) is 5.70 Å². The Balaban J connectivity index is 1.92. The standard InChI is InChI=1S/C18H25N5O2/c1-18(2,3)25-17(24)16(19)13-22(20)11-14-5-7-15(8-6-14)12-23-10-4-9-21-23/h4-10,13H,11-12,19-20H2,1-3H3/b16-13-. The molecule has 2 aromatic rings. The lowest BCUT2D eigenvalue weighted by Crippen LogP contribution is -2.31. The van der Waals surface area contributed by atoms with E-state index in [9.17, 15) is 4.79 Å². The molecule has 0 saturated carbocycles. The highest BCUT2D eigenvalue weighted by molar-refractivity contribution is 5.87. The molecule has 0 bridgehead atoms. The molecule has 4 N–H and O–H groups in total. The predicted molar refractivity (Wildman–Crippen MR) is 95.6 cm³/mol. The Kier molecular flexibility index (Phi) is 5.82. The second kappa shape index (κ2) is 7.85. The van der Waals surface area contributed by atoms with Crippen molar-refractivity contribution in [1.82, 2.24) is 14.8 Å². The zero-order valence-corrected chi connectivity index (χ0v) is 14.8. The van der Waals surface area contributed by atoms with E-state index < -0.39 is 11.6 Å². The number of benzene rings is 1. The number of hydrogen-bond acceptors (Lipinski definition) is 6. The highest BCUT2D eigenvalue weighted by atomic mass is 16.6. The van der Waals surface area contributed by atoms with Crippen LogP contribution in [0.4, 0.5) is 0 Å². The van der Waals surface area contributed by atoms with Gasteiger partial charge in [0.2, 0.25) is 0 Å². The Morgan fingerprint density at radius 1 is 1.28 bits per heavy atom. The van der Waals surface area contributed by atoms with Gasteiger partial charge in [0.25, 0.3) is 0 Å². The molecule has 0 saturated heterocycles. The average molecular weight is 343 g/mol. The quantitative estimate of drug-likeness (QED) is 0.359. The molecule has 2 rings (SSSR count). The van der Waals surface area contributed by atoms with Crippen LogP contribution in [0.1, 0.15) is 31.9 Å². The maximum atomic E-state index is 11.8. The van der Waals surface area contributed by atoms with Crippen LogP contribution in [-0.4, -0.2) is 26.4 Å². The van der Waals surface area contributed by atoms with Crippen molar-refractivity contribution in [3.8, 4) is 0 Å². The summed E-state index contributed by atoms with van der Waals surface area (Å²) < 4.78 is 7.05. The summed E-state index contributed by atoms with van der Waals surface area (Å²) >= 11 is 0. The molecular formula is C18H25N5O2. The lowest BCUT2D eigenvalue weighted by Gasteiger charge is -2.20. The molecule has 0 aliphatic heterocycles. The first-order valence-electron chi connectivity index (χ1n) is 8.00. The van der Waals surface area contributed by atoms with Gasteiger partial charge in [0, 0.05) is 18.6 Å². The molecule has 1 aromatic heterocycles. The maximum absolute atomic E-state index is 11.8. The van der Waals surface area contributed by atoms with Crippen molar-refractivity contribution in [1.29, 1.82) is 0 Å². The number of carbonyl (C=O) groups excluding carboxylic acids is 1. The Labute approximate surface area is 147 Å². The fourth-order valence-electron chi connectivity index (χ4n) is 2.16. The Hall–Kier alpha value is -2.80. The number of esters is 1. The summed E-state index contributed by atoms with van der Waals surface area (Å²) in [6.45, 7) is 6.48. The third kappa shape index (κ3) is 6.31. The summed E-state index contributed by atoms with van der Waals surface area (Å²) in [6, 6.07) is 9.89. The van der Waals surface area contributed by atoms with E-state index in [1.807, 2.05) is 41.2 Å². The molecule has 7 heteroatoms. The molecular weight excluding hydrogens is 318 g/mol. The van der Waals surface area contributed by atoms with E-state index in [4.69, 9.17) is 16.3 Å². The third-order valence-electron chi connectivity index (χ3n) is 3.23. The van der Waals surface area contributed by atoms with Crippen molar-refractivity contribution >= 4 is 5.97 Å². The average Bonchev–Trinajstić information content (AvgIpc) is 3.00. The number of rotatable bonds is 6. The first-order valence-corrected chi connectivity index (χ1v) is 8.00. The van der Waals surface area contributed by atoms with Crippen LogP contribution in [0.25, 0.3) is 0 Å². The van der Waals surface area contributed by atoms with E-state index >= 15 is 0 Å². The molecule has 0 spiro atoms. The second-order valence-corrected chi connectivity index (χ2v) is 6.78. The number of ether oxygens (including phenoxy) is 1. The Bertz CT molecular complexity index is 715.